The largest absolute Gasteiger partial charge is 0.780 e. The zero-order valence-corrected chi connectivity index (χ0v) is 85.6. The molecule has 6 aliphatic rings. The van der Waals surface area contributed by atoms with Gasteiger partial charge in [0, 0.05) is 65.5 Å². The van der Waals surface area contributed by atoms with Crippen LogP contribution in [-0.4, -0.2) is 341 Å². The Hall–Kier alpha value is -8.14. The first-order valence-electron chi connectivity index (χ1n) is 44.6. The Balaban J connectivity index is 0.686. The number of phosphoric acid groups is 2. The number of aromatic nitrogens is 20. The fourth-order valence-corrected chi connectivity index (χ4v) is 23.1. The predicted octanol–water partition coefficient (Wildman–Crippen LogP) is -2.56. The van der Waals surface area contributed by atoms with Crippen LogP contribution >= 0.6 is 35.9 Å². The van der Waals surface area contributed by atoms with Crippen molar-refractivity contribution in [3.05, 3.63) is 95.1 Å². The van der Waals surface area contributed by atoms with E-state index >= 15 is 28.4 Å². The highest BCUT2D eigenvalue weighted by Gasteiger charge is 2.57. The third kappa shape index (κ3) is 25.1. The van der Waals surface area contributed by atoms with Crippen LogP contribution < -0.4 is 65.4 Å². The first-order valence-corrected chi connectivity index (χ1v) is 55.2. The number of fused-ring (bicyclic) bond motifs is 4. The lowest BCUT2D eigenvalue weighted by Crippen LogP contribution is -2.42. The van der Waals surface area contributed by atoms with Crippen molar-refractivity contribution in [2.75, 3.05) is 169 Å². The number of nitrogen functional groups attached to an aromatic ring is 6. The molecular weight excluding hydrogens is 2100 g/mol. The summed E-state index contributed by atoms with van der Waals surface area (Å²) in [4.78, 5) is 147. The fourth-order valence-electron chi connectivity index (χ4n) is 16.9. The summed E-state index contributed by atoms with van der Waals surface area (Å²) in [6.45, 7) is -17.4. The van der Waals surface area contributed by atoms with Crippen molar-refractivity contribution in [1.29, 1.82) is 0 Å². The smallest absolute Gasteiger partial charge is 0.351 e. The van der Waals surface area contributed by atoms with Gasteiger partial charge in [0.1, 0.15) is 170 Å². The number of nitrogens with two attached hydrogens (primary N) is 6. The molecule has 0 radical (unpaired) electrons. The van der Waals surface area contributed by atoms with E-state index in [-0.39, 0.29) is 140 Å². The van der Waals surface area contributed by atoms with Crippen molar-refractivity contribution in [2.24, 2.45) is 0 Å². The molecule has 0 amide bonds. The highest BCUT2D eigenvalue weighted by atomic mass is 32.7. The van der Waals surface area contributed by atoms with Gasteiger partial charge in [-0.25, -0.2) is 69.4 Å². The van der Waals surface area contributed by atoms with Crippen molar-refractivity contribution in [3.63, 3.8) is 0 Å². The fraction of sp³-hybridized carbons (Fsp3) is 0.632. The number of ether oxygens (including phenoxy) is 16. The highest BCUT2D eigenvalue weighted by Crippen LogP contribution is 2.57. The van der Waals surface area contributed by atoms with Gasteiger partial charge >= 0.3 is 11.4 Å². The van der Waals surface area contributed by atoms with E-state index in [9.17, 15) is 19.6 Å². The van der Waals surface area contributed by atoms with Gasteiger partial charge in [0.25, 0.3) is 15.6 Å². The monoisotopic (exact) mass is 2210 g/mol. The molecule has 0 aliphatic carbocycles. The lowest BCUT2D eigenvalue weighted by atomic mass is 10.1. The van der Waals surface area contributed by atoms with Gasteiger partial charge in [-0.1, -0.05) is 30.5 Å². The molecule has 146 heavy (non-hydrogen) atoms. The molecule has 6 saturated heterocycles. The maximum Gasteiger partial charge on any atom is 0.351 e. The second kappa shape index (κ2) is 47.8. The highest BCUT2D eigenvalue weighted by molar-refractivity contribution is 8.32. The second-order valence-corrected chi connectivity index (χ2v) is 44.0. The van der Waals surface area contributed by atoms with E-state index < -0.39 is 228 Å². The van der Waals surface area contributed by atoms with Crippen molar-refractivity contribution in [1.82, 2.24) is 97.2 Å². The van der Waals surface area contributed by atoms with Gasteiger partial charge in [0.15, 0.2) is 83.8 Å². The molecule has 16 rings (SSSR count). The van der Waals surface area contributed by atoms with Crippen molar-refractivity contribution in [2.45, 2.75) is 175 Å². The van der Waals surface area contributed by atoms with E-state index in [2.05, 4.69) is 69.8 Å². The number of hydrogen-bond acceptors (Lipinski definition) is 59. The number of nitrogens with zero attached hydrogens (tertiary/aromatic N) is 20. The SMILES string of the molecule is CC[C@H]1O[C@@H](n2cnc3c(N)ncnc32)CC1OP([O-])(=S)OC[C@H]1O[C@@H](n2cnc3c(N)ncnc32)[C@@H](OCCOC)C1OP(=O)([O-])OC[C@H]1O[C@@H](n2cc(C)c(N)nc2=O)[C@@H](OCCOC)C1OP(=O)([O-])OC[C@H]1O[C@@H](n2cnc3c(N)ncnc32)[C@@H](OCCOC)C1OP(=O)([S-])OC[C@H]1O[C@@H](n2cnc3c(N)ncnc32)[C@@H](OCCOC)C1OP([O-])(=S)OC[C@H]1O[C@@H](n2cc(C)c(N)nc2=O)[C@@H](OCCOC)C1O. The Kier molecular flexibility index (Phi) is 36.2. The maximum absolute atomic E-state index is 15.7. The lowest BCUT2D eigenvalue weighted by Gasteiger charge is -2.36. The van der Waals surface area contributed by atoms with Crippen LogP contribution in [0.4, 0.5) is 34.9 Å². The normalized spacial score (nSPS) is 29.2. The number of anilines is 6. The summed E-state index contributed by atoms with van der Waals surface area (Å²) in [5.41, 5.74) is 36.4. The summed E-state index contributed by atoms with van der Waals surface area (Å²) >= 11 is 16.9. The molecule has 10 aromatic rings. The van der Waals surface area contributed by atoms with Gasteiger partial charge in [-0.05, 0) is 20.3 Å². The minimum absolute atomic E-state index is 0.0141. The van der Waals surface area contributed by atoms with Gasteiger partial charge < -0.3 is 192 Å². The Bertz CT molecular complexity index is 6580. The van der Waals surface area contributed by atoms with E-state index in [1.54, 1.807) is 18.4 Å². The summed E-state index contributed by atoms with van der Waals surface area (Å²) in [7, 11) is -5.45. The van der Waals surface area contributed by atoms with Crippen LogP contribution in [0.15, 0.2) is 72.6 Å². The molecule has 0 saturated carbocycles. The van der Waals surface area contributed by atoms with E-state index in [1.165, 1.54) is 100 Å². The molecule has 11 unspecified atom stereocenters. The molecule has 62 nitrogen and oxygen atoms in total. The summed E-state index contributed by atoms with van der Waals surface area (Å²) in [5, 5.41) is 11.8. The molecule has 13 N–H and O–H groups in total. The van der Waals surface area contributed by atoms with Gasteiger partial charge in [-0.2, -0.15) is 9.97 Å². The minimum Gasteiger partial charge on any atom is -0.780 e. The van der Waals surface area contributed by atoms with Crippen molar-refractivity contribution in [3.8, 4) is 0 Å². The number of aliphatic hydroxyl groups is 1. The Morgan fingerprint density at radius 2 is 0.692 bits per heavy atom. The third-order valence-corrected chi connectivity index (χ3v) is 30.4. The molecule has 28 atom stereocenters. The molecule has 0 aromatic carbocycles. The predicted molar refractivity (Wildman–Crippen MR) is 500 cm³/mol. The number of hydrogen-bond donors (Lipinski definition) is 7. The van der Waals surface area contributed by atoms with E-state index in [1.807, 2.05) is 0 Å². The molecule has 0 bridgehead atoms. The van der Waals surface area contributed by atoms with Crippen LogP contribution in [-0.2, 0) is 171 Å². The first kappa shape index (κ1) is 111. The quantitative estimate of drug-likeness (QED) is 0.0117. The topological polar surface area (TPSA) is 804 Å². The van der Waals surface area contributed by atoms with E-state index in [0.717, 1.165) is 28.1 Å². The average Bonchev–Trinajstić information content (AvgIpc) is 1.61. The molecular formula is C76H104N26O36P5S3-5. The second-order valence-electron chi connectivity index (χ2n) is 33.2. The van der Waals surface area contributed by atoms with Gasteiger partial charge in [-0.15, -0.1) is 0 Å². The number of aryl methyl sites for hydroxylation is 2. The van der Waals surface area contributed by atoms with Gasteiger partial charge in [0.2, 0.25) is 0 Å². The van der Waals surface area contributed by atoms with Gasteiger partial charge in [-0.3, -0.25) is 41.1 Å². The molecule has 0 spiro atoms. The van der Waals surface area contributed by atoms with Crippen LogP contribution in [0.1, 0.15) is 68.3 Å². The van der Waals surface area contributed by atoms with Crippen LogP contribution in [0.2, 0.25) is 0 Å². The molecule has 10 aromatic heterocycles. The van der Waals surface area contributed by atoms with Crippen LogP contribution in [0.25, 0.3) is 44.7 Å². The first-order chi connectivity index (χ1) is 69.8. The average molecular weight is 2210 g/mol. The van der Waals surface area contributed by atoms with E-state index in [4.69, 9.17) is 191 Å². The van der Waals surface area contributed by atoms with Crippen molar-refractivity contribution >= 4 is 151 Å². The Labute approximate surface area is 842 Å². The zero-order chi connectivity index (χ0) is 104. The Morgan fingerprint density at radius 1 is 0.384 bits per heavy atom. The molecule has 70 heteroatoms. The standard InChI is InChI=1S/C76H109N26O36P5S3/c1-9-38-39(20-45(128-38)99-32-91-46-62(79)83-28-87-66(46)99)134-141(110,144)126-26-43-52(57(120-17-12-115-6)72(132-43)100-33-92-47-63(80)84-29-88-67(47)100)136-139(106,107)123-24-41-51(56(119-16-11-114-5)71(130-41)98-22-37(3)61(78)96-76(98)105)135-140(108,109)124-25-42-53(58(121-18-13-116-7)73(131-42)101-34-93-48-64(81)85-30-89-68(48)101)137-143(112,146)127-27-44-54(59(122-19-14-117-8)74(133-44)102-35-94-49-65(82)86-31-90-69(49)102)138-142(111,145)125-23-40-50(103)55(118-15-10-113-4)70(129-40)97-21-36(2)60(77)95-75(97)104/h21-22,28-35,38-45,50-59,70-74,103H,9-20,23-27H2,1-8H3,(H,106,107)(H,108,109)(H,110,144)(H,111,145)(H,112,146)(H2,77,95,104)(H2,78,96,105)(H2,79,83,87)(H2,80,84,88)(H2,81,85,89)(H2,82,86,90)/p-5/t38-,39?,40-,41-,42-,43-,44-,45-,50?,51?,52?,53?,54?,55+,56+,57+,58+,59+,70-,71-,72-,73-,74-,141?,142?,143?/m1/s1. The number of imidazole rings is 4. The molecule has 6 fully saturated rings. The van der Waals surface area contributed by atoms with Gasteiger partial charge in [0.05, 0.1) is 137 Å². The van der Waals surface area contributed by atoms with Crippen molar-refractivity contribution < 1.29 is 159 Å². The summed E-state index contributed by atoms with van der Waals surface area (Å²) in [5.74, 6) is -0.473. The van der Waals surface area contributed by atoms with Crippen LogP contribution in [0, 0.1) is 13.8 Å². The zero-order valence-electron chi connectivity index (χ0n) is 78.7. The lowest BCUT2D eigenvalue weighted by molar-refractivity contribution is -0.241. The summed E-state index contributed by atoms with van der Waals surface area (Å²) < 4.78 is 211. The number of rotatable bonds is 52. The molecule has 6 aliphatic heterocycles. The number of methoxy groups -OCH3 is 5. The summed E-state index contributed by atoms with van der Waals surface area (Å²) in [6, 6.07) is 0. The minimum atomic E-state index is -6.17. The summed E-state index contributed by atoms with van der Waals surface area (Å²) in [6.07, 6.45) is -23.9. The van der Waals surface area contributed by atoms with Crippen LogP contribution in [0.3, 0.4) is 0 Å². The molecule has 802 valence electrons. The van der Waals surface area contributed by atoms with Crippen LogP contribution in [0.5, 0.6) is 0 Å². The van der Waals surface area contributed by atoms with E-state index in [0.29, 0.717) is 23.1 Å². The number of aliphatic hydroxyl groups excluding tert-OH is 1. The third-order valence-electron chi connectivity index (χ3n) is 23.9. The maximum atomic E-state index is 15.7. The molecule has 16 heterocycles. The Morgan fingerprint density at radius 3 is 1.07 bits per heavy atom. The number of phosphoric ester groups is 2.